The van der Waals surface area contributed by atoms with Crippen LogP contribution in [-0.4, -0.2) is 23.5 Å². The highest BCUT2D eigenvalue weighted by Crippen LogP contribution is 2.33. The Balaban J connectivity index is 2.32. The van der Waals surface area contributed by atoms with Crippen LogP contribution in [0.15, 0.2) is 18.2 Å². The Morgan fingerprint density at radius 3 is 2.45 bits per heavy atom. The summed E-state index contributed by atoms with van der Waals surface area (Å²) in [5.74, 6) is 5.91. The van der Waals surface area contributed by atoms with Crippen molar-refractivity contribution >= 4 is 0 Å². The zero-order valence-electron chi connectivity index (χ0n) is 13.4. The lowest BCUT2D eigenvalue weighted by molar-refractivity contribution is 0.0912. The van der Waals surface area contributed by atoms with Crippen molar-refractivity contribution in [1.29, 1.82) is 0 Å². The average Bonchev–Trinajstić information content (AvgIpc) is 2.87. The second-order valence-electron chi connectivity index (χ2n) is 6.31. The number of nitrogens with zero attached hydrogens (tertiary/aromatic N) is 1. The molecule has 3 N–H and O–H groups in total. The first kappa shape index (κ1) is 15.5. The van der Waals surface area contributed by atoms with Gasteiger partial charge in [0, 0.05) is 5.54 Å². The summed E-state index contributed by atoms with van der Waals surface area (Å²) in [4.78, 5) is 2.46. The summed E-state index contributed by atoms with van der Waals surface area (Å²) in [6.07, 6.45) is 3.74. The molecule has 1 aliphatic rings. The van der Waals surface area contributed by atoms with Crippen LogP contribution < -0.4 is 11.3 Å². The molecular formula is C17H29N3. The predicted molar refractivity (Wildman–Crippen MR) is 85.5 cm³/mol. The van der Waals surface area contributed by atoms with Gasteiger partial charge in [-0.3, -0.25) is 16.2 Å². The maximum absolute atomic E-state index is 5.91. The van der Waals surface area contributed by atoms with E-state index >= 15 is 0 Å². The second-order valence-corrected chi connectivity index (χ2v) is 6.31. The zero-order chi connectivity index (χ0) is 14.8. The molecule has 0 aromatic heterocycles. The molecule has 0 saturated heterocycles. The van der Waals surface area contributed by atoms with Crippen LogP contribution in [-0.2, 0) is 12.8 Å². The minimum atomic E-state index is -0.00884. The van der Waals surface area contributed by atoms with E-state index in [2.05, 4.69) is 56.2 Å². The van der Waals surface area contributed by atoms with Crippen molar-refractivity contribution in [2.24, 2.45) is 5.84 Å². The number of rotatable bonds is 6. The van der Waals surface area contributed by atoms with Gasteiger partial charge < -0.3 is 0 Å². The summed E-state index contributed by atoms with van der Waals surface area (Å²) < 4.78 is 0. The number of nitrogens with two attached hydrogens (primary N) is 1. The second kappa shape index (κ2) is 6.25. The third kappa shape index (κ3) is 2.76. The summed E-state index contributed by atoms with van der Waals surface area (Å²) in [6.45, 7) is 11.0. The fourth-order valence-electron chi connectivity index (χ4n) is 3.70. The van der Waals surface area contributed by atoms with Crippen LogP contribution in [0.4, 0.5) is 0 Å². The van der Waals surface area contributed by atoms with Gasteiger partial charge in [0.15, 0.2) is 0 Å². The number of hydrazine groups is 1. The summed E-state index contributed by atoms with van der Waals surface area (Å²) >= 11 is 0. The summed E-state index contributed by atoms with van der Waals surface area (Å²) in [5, 5.41) is 0. The van der Waals surface area contributed by atoms with Gasteiger partial charge in [-0.15, -0.1) is 0 Å². The first-order chi connectivity index (χ1) is 9.54. The molecule has 112 valence electrons. The molecule has 1 unspecified atom stereocenters. The molecule has 20 heavy (non-hydrogen) atoms. The van der Waals surface area contributed by atoms with Gasteiger partial charge in [0.2, 0.25) is 0 Å². The van der Waals surface area contributed by atoms with E-state index in [0.29, 0.717) is 0 Å². The van der Waals surface area contributed by atoms with Crippen LogP contribution in [0.3, 0.4) is 0 Å². The molecule has 0 fully saturated rings. The van der Waals surface area contributed by atoms with Crippen molar-refractivity contribution in [2.45, 2.75) is 58.5 Å². The molecule has 0 radical (unpaired) electrons. The van der Waals surface area contributed by atoms with Crippen molar-refractivity contribution in [3.05, 3.63) is 34.9 Å². The van der Waals surface area contributed by atoms with Crippen LogP contribution >= 0.6 is 0 Å². The maximum Gasteiger partial charge on any atom is 0.0638 e. The number of benzene rings is 1. The van der Waals surface area contributed by atoms with E-state index < -0.39 is 0 Å². The topological polar surface area (TPSA) is 41.3 Å². The van der Waals surface area contributed by atoms with Gasteiger partial charge in [-0.25, -0.2) is 0 Å². The van der Waals surface area contributed by atoms with Crippen molar-refractivity contribution in [3.8, 4) is 0 Å². The SMILES string of the molecule is CCN(CC)C(C)(C)C(NN)c1ccc2c(c1)CCC2. The number of hydrogen-bond acceptors (Lipinski definition) is 3. The average molecular weight is 275 g/mol. The van der Waals surface area contributed by atoms with E-state index in [1.165, 1.54) is 36.0 Å². The van der Waals surface area contributed by atoms with E-state index in [1.54, 1.807) is 0 Å². The Kier molecular flexibility index (Phi) is 4.84. The fraction of sp³-hybridized carbons (Fsp3) is 0.647. The summed E-state index contributed by atoms with van der Waals surface area (Å²) in [5.41, 5.74) is 7.39. The molecule has 1 aliphatic carbocycles. The lowest BCUT2D eigenvalue weighted by atomic mass is 9.86. The molecule has 0 spiro atoms. The molecule has 2 rings (SSSR count). The number of likely N-dealkylation sites (N-methyl/N-ethyl adjacent to an activating group) is 1. The first-order valence-electron chi connectivity index (χ1n) is 7.87. The highest BCUT2D eigenvalue weighted by Gasteiger charge is 2.34. The lowest BCUT2D eigenvalue weighted by Crippen LogP contribution is -2.54. The van der Waals surface area contributed by atoms with E-state index in [0.717, 1.165) is 13.1 Å². The molecule has 0 aliphatic heterocycles. The number of nitrogens with one attached hydrogen (secondary N) is 1. The molecule has 0 amide bonds. The molecule has 1 aromatic carbocycles. The predicted octanol–water partition coefficient (Wildman–Crippen LogP) is 2.80. The lowest BCUT2D eigenvalue weighted by Gasteiger charge is -2.43. The number of hydrogen-bond donors (Lipinski definition) is 2. The van der Waals surface area contributed by atoms with Gasteiger partial charge in [-0.2, -0.15) is 0 Å². The smallest absolute Gasteiger partial charge is 0.0638 e. The Labute approximate surface area is 123 Å². The summed E-state index contributed by atoms with van der Waals surface area (Å²) in [7, 11) is 0. The maximum atomic E-state index is 5.91. The van der Waals surface area contributed by atoms with Gasteiger partial charge >= 0.3 is 0 Å². The van der Waals surface area contributed by atoms with Crippen molar-refractivity contribution in [1.82, 2.24) is 10.3 Å². The summed E-state index contributed by atoms with van der Waals surface area (Å²) in [6, 6.07) is 7.05. The Morgan fingerprint density at radius 1 is 1.20 bits per heavy atom. The normalized spacial score (nSPS) is 16.5. The Morgan fingerprint density at radius 2 is 1.85 bits per heavy atom. The highest BCUT2D eigenvalue weighted by molar-refractivity contribution is 5.37. The van der Waals surface area contributed by atoms with Gasteiger partial charge in [-0.1, -0.05) is 32.0 Å². The van der Waals surface area contributed by atoms with Crippen molar-refractivity contribution < 1.29 is 0 Å². The van der Waals surface area contributed by atoms with Crippen molar-refractivity contribution in [2.75, 3.05) is 13.1 Å². The van der Waals surface area contributed by atoms with Gasteiger partial charge in [-0.05, 0) is 62.9 Å². The zero-order valence-corrected chi connectivity index (χ0v) is 13.4. The largest absolute Gasteiger partial charge is 0.297 e. The standard InChI is InChI=1S/C17H29N3/c1-5-20(6-2)17(3,4)16(19-18)15-11-10-13-8-7-9-14(13)12-15/h10-12,16,19H,5-9,18H2,1-4H3. The third-order valence-electron chi connectivity index (χ3n) is 4.91. The van der Waals surface area contributed by atoms with Crippen LogP contribution in [0.25, 0.3) is 0 Å². The molecule has 3 nitrogen and oxygen atoms in total. The molecule has 0 bridgehead atoms. The molecule has 0 heterocycles. The quantitative estimate of drug-likeness (QED) is 0.619. The number of fused-ring (bicyclic) bond motifs is 1. The van der Waals surface area contributed by atoms with E-state index in [4.69, 9.17) is 5.84 Å². The Bertz CT molecular complexity index is 450. The van der Waals surface area contributed by atoms with Gasteiger partial charge in [0.05, 0.1) is 6.04 Å². The van der Waals surface area contributed by atoms with E-state index in [1.807, 2.05) is 0 Å². The minimum Gasteiger partial charge on any atom is -0.297 e. The van der Waals surface area contributed by atoms with Crippen LogP contribution in [0, 0.1) is 0 Å². The molecule has 1 atom stereocenters. The Hall–Kier alpha value is -0.900. The molecule has 3 heteroatoms. The molecular weight excluding hydrogens is 246 g/mol. The van der Waals surface area contributed by atoms with Crippen LogP contribution in [0.5, 0.6) is 0 Å². The van der Waals surface area contributed by atoms with Gasteiger partial charge in [0.25, 0.3) is 0 Å². The van der Waals surface area contributed by atoms with E-state index in [-0.39, 0.29) is 11.6 Å². The first-order valence-corrected chi connectivity index (χ1v) is 7.87. The third-order valence-corrected chi connectivity index (χ3v) is 4.91. The van der Waals surface area contributed by atoms with Crippen LogP contribution in [0.2, 0.25) is 0 Å². The van der Waals surface area contributed by atoms with Crippen LogP contribution in [0.1, 0.15) is 56.8 Å². The molecule has 0 saturated carbocycles. The number of aryl methyl sites for hydroxylation is 2. The van der Waals surface area contributed by atoms with Gasteiger partial charge in [0.1, 0.15) is 0 Å². The highest BCUT2D eigenvalue weighted by atomic mass is 15.3. The molecule has 1 aromatic rings. The van der Waals surface area contributed by atoms with E-state index in [9.17, 15) is 0 Å². The monoisotopic (exact) mass is 275 g/mol. The van der Waals surface area contributed by atoms with Crippen molar-refractivity contribution in [3.63, 3.8) is 0 Å². The minimum absolute atomic E-state index is 0.00884. The fourth-order valence-corrected chi connectivity index (χ4v) is 3.70.